The molecule has 0 spiro atoms. The van der Waals surface area contributed by atoms with E-state index in [4.69, 9.17) is 4.74 Å². The van der Waals surface area contributed by atoms with Crippen LogP contribution in [0.15, 0.2) is 72.6 Å². The third-order valence-corrected chi connectivity index (χ3v) is 7.74. The molecular weight excluding hydrogens is 508 g/mol. The molecule has 0 aromatic heterocycles. The van der Waals surface area contributed by atoms with E-state index in [0.717, 1.165) is 37.0 Å². The Hall–Kier alpha value is -2.88. The number of aliphatic hydroxyl groups excluding tert-OH is 1. The lowest BCUT2D eigenvalue weighted by Crippen LogP contribution is -2.46. The highest BCUT2D eigenvalue weighted by Crippen LogP contribution is 2.27. The second kappa shape index (κ2) is 14.9. The number of halogens is 2. The zero-order chi connectivity index (χ0) is 27.5. The van der Waals surface area contributed by atoms with E-state index in [9.17, 15) is 18.7 Å². The number of anilines is 1. The summed E-state index contributed by atoms with van der Waals surface area (Å²) < 4.78 is 36.5. The number of allylic oxidation sites excluding steroid dienone is 1. The second-order valence-electron chi connectivity index (χ2n) is 9.13. The Labute approximate surface area is 228 Å². The number of aliphatic hydroxyl groups is 1. The number of nitrogens with zero attached hydrogens (tertiary/aromatic N) is 3. The van der Waals surface area contributed by atoms with E-state index >= 15 is 0 Å². The summed E-state index contributed by atoms with van der Waals surface area (Å²) in [5.41, 5.74) is 1.95. The highest BCUT2D eigenvalue weighted by molar-refractivity contribution is 7.75. The van der Waals surface area contributed by atoms with Crippen molar-refractivity contribution in [3.05, 3.63) is 89.8 Å². The maximum atomic E-state index is 14.1. The molecule has 1 amide bonds. The molecular formula is C29H38F2N3O3S+. The molecule has 3 rings (SSSR count). The fraction of sp³-hybridized carbons (Fsp3) is 0.414. The lowest BCUT2D eigenvalue weighted by molar-refractivity contribution is -0.119. The minimum absolute atomic E-state index is 0.0636. The first-order valence-electron chi connectivity index (χ1n) is 13.0. The van der Waals surface area contributed by atoms with E-state index < -0.39 is 17.5 Å². The Morgan fingerprint density at radius 2 is 1.82 bits per heavy atom. The Morgan fingerprint density at radius 3 is 2.39 bits per heavy atom. The number of piperazine rings is 1. The van der Waals surface area contributed by atoms with Gasteiger partial charge in [-0.1, -0.05) is 43.8 Å². The fourth-order valence-corrected chi connectivity index (χ4v) is 5.27. The smallest absolute Gasteiger partial charge is 0.295 e. The first kappa shape index (κ1) is 29.7. The highest BCUT2D eigenvalue weighted by atomic mass is 32.2. The molecule has 0 bridgehead atoms. The summed E-state index contributed by atoms with van der Waals surface area (Å²) in [6.45, 7) is 10.6. The van der Waals surface area contributed by atoms with Gasteiger partial charge in [0.2, 0.25) is 5.76 Å². The van der Waals surface area contributed by atoms with Crippen LogP contribution in [0.25, 0.3) is 0 Å². The van der Waals surface area contributed by atoms with Crippen LogP contribution in [0.5, 0.6) is 0 Å². The van der Waals surface area contributed by atoms with Gasteiger partial charge in [0.15, 0.2) is 0 Å². The predicted molar refractivity (Wildman–Crippen MR) is 151 cm³/mol. The average molecular weight is 547 g/mol. The van der Waals surface area contributed by atoms with E-state index in [0.29, 0.717) is 31.6 Å². The van der Waals surface area contributed by atoms with Gasteiger partial charge < -0.3 is 19.6 Å². The van der Waals surface area contributed by atoms with Crippen molar-refractivity contribution >= 4 is 23.5 Å². The van der Waals surface area contributed by atoms with E-state index in [1.165, 1.54) is 22.4 Å². The molecule has 6 nitrogen and oxygen atoms in total. The largest absolute Gasteiger partial charge is 0.486 e. The van der Waals surface area contributed by atoms with E-state index in [-0.39, 0.29) is 30.7 Å². The second-order valence-corrected chi connectivity index (χ2v) is 10.3. The summed E-state index contributed by atoms with van der Waals surface area (Å²) in [4.78, 5) is 17.4. The number of thiol groups is 1. The van der Waals surface area contributed by atoms with Crippen LogP contribution in [0.1, 0.15) is 32.3 Å². The van der Waals surface area contributed by atoms with Crippen LogP contribution in [0.4, 0.5) is 14.5 Å². The molecule has 9 heteroatoms. The van der Waals surface area contributed by atoms with Crippen molar-refractivity contribution in [2.24, 2.45) is 0 Å². The number of hydrogen-bond donors (Lipinski definition) is 1. The first-order chi connectivity index (χ1) is 18.4. The van der Waals surface area contributed by atoms with Crippen molar-refractivity contribution in [1.29, 1.82) is 0 Å². The molecule has 0 aliphatic carbocycles. The number of hydrogen-bond acceptors (Lipinski definition) is 5. The van der Waals surface area contributed by atoms with Gasteiger partial charge in [-0.15, -0.1) is 4.31 Å². The Kier molecular flexibility index (Phi) is 11.6. The van der Waals surface area contributed by atoms with Gasteiger partial charge >= 0.3 is 0 Å². The standard InChI is InChI=1S/C29H37F2N3O3S/c1-4-22(3)34(26-19-24(30)18-25(31)20-26)29(36)28(37-17-9-16-35)27(5-2)32-12-14-33(15-13-32)38-21-23-10-7-6-8-11-23/h5-8,10-11,18-20,22,35H,2,4,9,12-17,21H2,1,3H3/p+1/b28-27-. The minimum Gasteiger partial charge on any atom is -0.486 e. The SMILES string of the molecule is C=C/C(=C(/OCCCO)C(=O)N(c1cc(F)cc(F)c1)C(C)CC)N1CCN([SH+]Cc2ccccc2)CC1. The molecule has 1 atom stereocenters. The van der Waals surface area contributed by atoms with E-state index in [1.54, 1.807) is 6.08 Å². The number of ether oxygens (including phenoxy) is 1. The van der Waals surface area contributed by atoms with Crippen molar-refractivity contribution in [1.82, 2.24) is 9.21 Å². The van der Waals surface area contributed by atoms with E-state index in [2.05, 4.69) is 27.9 Å². The van der Waals surface area contributed by atoms with Crippen molar-refractivity contribution in [2.45, 2.75) is 38.5 Å². The molecule has 1 fully saturated rings. The topological polar surface area (TPSA) is 56.3 Å². The van der Waals surface area contributed by atoms with Crippen molar-refractivity contribution in [3.8, 4) is 0 Å². The first-order valence-corrected chi connectivity index (χ1v) is 14.0. The van der Waals surface area contributed by atoms with Crippen molar-refractivity contribution in [3.63, 3.8) is 0 Å². The Balaban J connectivity index is 1.85. The van der Waals surface area contributed by atoms with Crippen molar-refractivity contribution in [2.75, 3.05) is 44.3 Å². The molecule has 2 aromatic rings. The third-order valence-electron chi connectivity index (χ3n) is 6.44. The predicted octanol–water partition coefficient (Wildman–Crippen LogP) is 4.44. The molecule has 38 heavy (non-hydrogen) atoms. The van der Waals surface area contributed by atoms with Crippen LogP contribution in [-0.2, 0) is 27.2 Å². The number of rotatable bonds is 13. The van der Waals surface area contributed by atoms with Gasteiger partial charge in [0.05, 0.1) is 43.0 Å². The van der Waals surface area contributed by atoms with Gasteiger partial charge in [-0.25, -0.2) is 8.78 Å². The minimum atomic E-state index is -0.762. The highest BCUT2D eigenvalue weighted by Gasteiger charge is 2.31. The molecule has 0 radical (unpaired) electrons. The number of amides is 1. The van der Waals surface area contributed by atoms with Crippen LogP contribution in [0, 0.1) is 11.6 Å². The lowest BCUT2D eigenvalue weighted by Gasteiger charge is -2.35. The molecule has 1 aliphatic rings. The summed E-state index contributed by atoms with van der Waals surface area (Å²) in [5, 5.41) is 9.29. The van der Waals surface area contributed by atoms with Crippen LogP contribution in [0.3, 0.4) is 0 Å². The Morgan fingerprint density at radius 1 is 1.16 bits per heavy atom. The molecule has 1 aliphatic heterocycles. The zero-order valence-corrected chi connectivity index (χ0v) is 23.0. The molecule has 1 unspecified atom stereocenters. The normalized spacial score (nSPS) is 15.6. The quantitative estimate of drug-likeness (QED) is 0.101. The molecule has 1 heterocycles. The van der Waals surface area contributed by atoms with Crippen LogP contribution in [0.2, 0.25) is 0 Å². The third kappa shape index (κ3) is 8.06. The van der Waals surface area contributed by atoms with Gasteiger partial charge in [-0.05, 0) is 31.6 Å². The van der Waals surface area contributed by atoms with Crippen molar-refractivity contribution < 1.29 is 23.4 Å². The van der Waals surface area contributed by atoms with Gasteiger partial charge in [-0.2, -0.15) is 0 Å². The molecule has 1 N–H and O–H groups in total. The maximum absolute atomic E-state index is 14.1. The number of benzene rings is 2. The fourth-order valence-electron chi connectivity index (χ4n) is 4.23. The number of carbonyl (C=O) groups is 1. The summed E-state index contributed by atoms with van der Waals surface area (Å²) in [7, 11) is 0. The van der Waals surface area contributed by atoms with Crippen LogP contribution in [-0.4, -0.2) is 65.7 Å². The van der Waals surface area contributed by atoms with Gasteiger partial charge in [0.25, 0.3) is 5.91 Å². The molecule has 206 valence electrons. The van der Waals surface area contributed by atoms with Crippen LogP contribution >= 0.6 is 0 Å². The van der Waals surface area contributed by atoms with Gasteiger partial charge in [0, 0.05) is 43.8 Å². The lowest BCUT2D eigenvalue weighted by atomic mass is 10.1. The van der Waals surface area contributed by atoms with Crippen LogP contribution < -0.4 is 4.90 Å². The maximum Gasteiger partial charge on any atom is 0.295 e. The molecule has 1 saturated heterocycles. The van der Waals surface area contributed by atoms with E-state index in [1.807, 2.05) is 32.0 Å². The van der Waals surface area contributed by atoms with Gasteiger partial charge in [0.1, 0.15) is 17.4 Å². The summed E-state index contributed by atoms with van der Waals surface area (Å²) in [6.07, 6.45) is 2.51. The Bertz CT molecular complexity index is 1070. The zero-order valence-electron chi connectivity index (χ0n) is 22.2. The number of carbonyl (C=O) groups excluding carboxylic acids is 1. The molecule has 2 aromatic carbocycles. The summed E-state index contributed by atoms with van der Waals surface area (Å²) in [6, 6.07) is 13.1. The average Bonchev–Trinajstić information content (AvgIpc) is 2.92. The summed E-state index contributed by atoms with van der Waals surface area (Å²) >= 11 is 1.22. The molecule has 0 saturated carbocycles. The monoisotopic (exact) mass is 546 g/mol. The summed E-state index contributed by atoms with van der Waals surface area (Å²) in [5.74, 6) is -1.02. The van der Waals surface area contributed by atoms with Gasteiger partial charge in [-0.3, -0.25) is 4.79 Å².